The van der Waals surface area contributed by atoms with Gasteiger partial charge in [0.25, 0.3) is 5.91 Å². The first-order chi connectivity index (χ1) is 12.1. The average molecular weight is 334 g/mol. The van der Waals surface area contributed by atoms with E-state index in [1.54, 1.807) is 31.2 Å². The molecule has 4 nitrogen and oxygen atoms in total. The summed E-state index contributed by atoms with van der Waals surface area (Å²) in [5.41, 5.74) is 2.77. The summed E-state index contributed by atoms with van der Waals surface area (Å²) < 4.78 is 5.80. The van der Waals surface area contributed by atoms with Crippen molar-refractivity contribution in [3.05, 3.63) is 65.2 Å². The Labute approximate surface area is 148 Å². The molecule has 2 aromatic carbocycles. The number of nitrogens with zero attached hydrogens (tertiary/aromatic N) is 2. The standard InChI is InChI=1S/C21H22N2O2/c1-15-7-9-17(10-8-15)14-23(19-11-12-19)21(24)16(2)25-20-6-4-3-5-18(20)13-22/h3-10,16,19H,11-12,14H2,1-2H3. The quantitative estimate of drug-likeness (QED) is 0.807. The molecule has 25 heavy (non-hydrogen) atoms. The van der Waals surface area contributed by atoms with Gasteiger partial charge in [-0.15, -0.1) is 0 Å². The summed E-state index contributed by atoms with van der Waals surface area (Å²) in [5.74, 6) is 0.424. The first kappa shape index (κ1) is 17.0. The molecule has 2 aromatic rings. The predicted molar refractivity (Wildman–Crippen MR) is 96.0 cm³/mol. The Morgan fingerprint density at radius 3 is 2.56 bits per heavy atom. The highest BCUT2D eigenvalue weighted by atomic mass is 16.5. The van der Waals surface area contributed by atoms with Gasteiger partial charge in [0.15, 0.2) is 6.10 Å². The number of benzene rings is 2. The van der Waals surface area contributed by atoms with Crippen LogP contribution in [0.25, 0.3) is 0 Å². The van der Waals surface area contributed by atoms with Crippen LogP contribution in [0.2, 0.25) is 0 Å². The fourth-order valence-electron chi connectivity index (χ4n) is 2.80. The number of carbonyl (C=O) groups excluding carboxylic acids is 1. The number of para-hydroxylation sites is 1. The fraction of sp³-hybridized carbons (Fsp3) is 0.333. The lowest BCUT2D eigenvalue weighted by molar-refractivity contribution is -0.139. The molecule has 0 bridgehead atoms. The lowest BCUT2D eigenvalue weighted by Crippen LogP contribution is -2.41. The molecule has 0 radical (unpaired) electrons. The van der Waals surface area contributed by atoms with Crippen molar-refractivity contribution >= 4 is 5.91 Å². The van der Waals surface area contributed by atoms with Crippen LogP contribution < -0.4 is 4.74 Å². The van der Waals surface area contributed by atoms with Crippen LogP contribution in [0.5, 0.6) is 5.75 Å². The van der Waals surface area contributed by atoms with Crippen molar-refractivity contribution in [2.75, 3.05) is 0 Å². The van der Waals surface area contributed by atoms with Gasteiger partial charge in [0.05, 0.1) is 5.56 Å². The van der Waals surface area contributed by atoms with Crippen molar-refractivity contribution < 1.29 is 9.53 Å². The molecule has 1 aliphatic carbocycles. The van der Waals surface area contributed by atoms with Crippen molar-refractivity contribution in [2.45, 2.75) is 45.4 Å². The zero-order chi connectivity index (χ0) is 17.8. The van der Waals surface area contributed by atoms with Crippen LogP contribution in [0.3, 0.4) is 0 Å². The van der Waals surface area contributed by atoms with E-state index in [1.165, 1.54) is 5.56 Å². The largest absolute Gasteiger partial charge is 0.480 e. The number of ether oxygens (including phenoxy) is 1. The van der Waals surface area contributed by atoms with E-state index >= 15 is 0 Å². The third-order valence-corrected chi connectivity index (χ3v) is 4.40. The lowest BCUT2D eigenvalue weighted by atomic mass is 10.1. The molecule has 1 unspecified atom stereocenters. The summed E-state index contributed by atoms with van der Waals surface area (Å²) in [6.07, 6.45) is 1.46. The van der Waals surface area contributed by atoms with E-state index in [9.17, 15) is 4.79 Å². The summed E-state index contributed by atoms with van der Waals surface area (Å²) in [6, 6.07) is 17.7. The molecule has 1 atom stereocenters. The first-order valence-corrected chi connectivity index (χ1v) is 8.60. The molecular formula is C21H22N2O2. The average Bonchev–Trinajstić information content (AvgIpc) is 3.46. The molecule has 0 saturated heterocycles. The van der Waals surface area contributed by atoms with E-state index in [2.05, 4.69) is 37.3 Å². The topological polar surface area (TPSA) is 53.3 Å². The normalized spacial score (nSPS) is 14.4. The first-order valence-electron chi connectivity index (χ1n) is 8.60. The van der Waals surface area contributed by atoms with Crippen LogP contribution >= 0.6 is 0 Å². The molecular weight excluding hydrogens is 312 g/mol. The van der Waals surface area contributed by atoms with E-state index < -0.39 is 6.10 Å². The van der Waals surface area contributed by atoms with Gasteiger partial charge < -0.3 is 9.64 Å². The van der Waals surface area contributed by atoms with Gasteiger partial charge >= 0.3 is 0 Å². The molecule has 0 aromatic heterocycles. The Morgan fingerprint density at radius 2 is 1.92 bits per heavy atom. The second-order valence-corrected chi connectivity index (χ2v) is 6.55. The van der Waals surface area contributed by atoms with Crippen LogP contribution in [-0.2, 0) is 11.3 Å². The van der Waals surface area contributed by atoms with Gasteiger partial charge in [-0.3, -0.25) is 4.79 Å². The molecule has 0 N–H and O–H groups in total. The molecule has 1 fully saturated rings. The molecule has 0 heterocycles. The maximum atomic E-state index is 12.9. The minimum absolute atomic E-state index is 0.0317. The molecule has 4 heteroatoms. The van der Waals surface area contributed by atoms with E-state index in [0.717, 1.165) is 18.4 Å². The van der Waals surface area contributed by atoms with E-state index in [4.69, 9.17) is 10.00 Å². The van der Waals surface area contributed by atoms with Crippen LogP contribution in [0.4, 0.5) is 0 Å². The van der Waals surface area contributed by atoms with Crippen LogP contribution in [0.1, 0.15) is 36.5 Å². The molecule has 0 spiro atoms. The number of aryl methyl sites for hydroxylation is 1. The van der Waals surface area contributed by atoms with Gasteiger partial charge in [0.2, 0.25) is 0 Å². The Balaban J connectivity index is 1.72. The van der Waals surface area contributed by atoms with Gasteiger partial charge in [0.1, 0.15) is 11.8 Å². The smallest absolute Gasteiger partial charge is 0.263 e. The highest BCUT2D eigenvalue weighted by Gasteiger charge is 2.35. The monoisotopic (exact) mass is 334 g/mol. The zero-order valence-corrected chi connectivity index (χ0v) is 14.6. The number of rotatable bonds is 6. The van der Waals surface area contributed by atoms with E-state index in [-0.39, 0.29) is 5.91 Å². The molecule has 1 saturated carbocycles. The number of carbonyl (C=O) groups is 1. The summed E-state index contributed by atoms with van der Waals surface area (Å²) in [7, 11) is 0. The maximum Gasteiger partial charge on any atom is 0.263 e. The molecule has 1 amide bonds. The van der Waals surface area contributed by atoms with Crippen molar-refractivity contribution in [1.29, 1.82) is 5.26 Å². The second kappa shape index (κ2) is 7.40. The Hall–Kier alpha value is -2.80. The number of nitriles is 1. The SMILES string of the molecule is Cc1ccc(CN(C(=O)C(C)Oc2ccccc2C#N)C2CC2)cc1. The highest BCUT2D eigenvalue weighted by Crippen LogP contribution is 2.30. The predicted octanol–water partition coefficient (Wildman–Crippen LogP) is 3.83. The summed E-state index contributed by atoms with van der Waals surface area (Å²) in [6.45, 7) is 4.40. The third-order valence-electron chi connectivity index (χ3n) is 4.40. The van der Waals surface area contributed by atoms with Gasteiger partial charge in [-0.25, -0.2) is 0 Å². The fourth-order valence-corrected chi connectivity index (χ4v) is 2.80. The minimum atomic E-state index is -0.624. The Kier molecular flexibility index (Phi) is 5.04. The van der Waals surface area contributed by atoms with Gasteiger partial charge in [-0.2, -0.15) is 5.26 Å². The number of hydrogen-bond donors (Lipinski definition) is 0. The van der Waals surface area contributed by atoms with Crippen LogP contribution in [0.15, 0.2) is 48.5 Å². The Bertz CT molecular complexity index is 788. The number of amides is 1. The van der Waals surface area contributed by atoms with Crippen LogP contribution in [-0.4, -0.2) is 23.0 Å². The summed E-state index contributed by atoms with van der Waals surface area (Å²) in [5, 5.41) is 9.17. The van der Waals surface area contributed by atoms with Gasteiger partial charge in [0, 0.05) is 12.6 Å². The van der Waals surface area contributed by atoms with Crippen molar-refractivity contribution in [3.63, 3.8) is 0 Å². The molecule has 1 aliphatic rings. The Morgan fingerprint density at radius 1 is 1.24 bits per heavy atom. The molecule has 3 rings (SSSR count). The molecule has 128 valence electrons. The van der Waals surface area contributed by atoms with Crippen molar-refractivity contribution in [2.24, 2.45) is 0 Å². The highest BCUT2D eigenvalue weighted by molar-refractivity contribution is 5.81. The lowest BCUT2D eigenvalue weighted by Gasteiger charge is -2.26. The zero-order valence-electron chi connectivity index (χ0n) is 14.6. The van der Waals surface area contributed by atoms with Crippen molar-refractivity contribution in [3.8, 4) is 11.8 Å². The van der Waals surface area contributed by atoms with Crippen LogP contribution in [0, 0.1) is 18.3 Å². The maximum absolute atomic E-state index is 12.9. The second-order valence-electron chi connectivity index (χ2n) is 6.55. The minimum Gasteiger partial charge on any atom is -0.480 e. The molecule has 0 aliphatic heterocycles. The number of hydrogen-bond acceptors (Lipinski definition) is 3. The summed E-state index contributed by atoms with van der Waals surface area (Å²) in [4.78, 5) is 14.8. The van der Waals surface area contributed by atoms with Gasteiger partial charge in [-0.1, -0.05) is 42.0 Å². The van der Waals surface area contributed by atoms with Gasteiger partial charge in [-0.05, 0) is 44.4 Å². The van der Waals surface area contributed by atoms with E-state index in [0.29, 0.717) is 23.9 Å². The van der Waals surface area contributed by atoms with Crippen molar-refractivity contribution in [1.82, 2.24) is 4.90 Å². The van der Waals surface area contributed by atoms with E-state index in [1.807, 2.05) is 4.90 Å². The summed E-state index contributed by atoms with van der Waals surface area (Å²) >= 11 is 0. The third kappa shape index (κ3) is 4.19.